The molecule has 0 amide bonds. The van der Waals surface area contributed by atoms with E-state index in [0.29, 0.717) is 12.6 Å². The lowest BCUT2D eigenvalue weighted by atomic mass is 9.94. The fourth-order valence-corrected chi connectivity index (χ4v) is 2.55. The molecule has 2 N–H and O–H groups in total. The Hall–Kier alpha value is -0.910. The molecule has 0 aromatic carbocycles. The number of methoxy groups -OCH3 is 1. The maximum absolute atomic E-state index is 6.11. The van der Waals surface area contributed by atoms with E-state index in [2.05, 4.69) is 5.10 Å². The molecule has 3 unspecified atom stereocenters. The van der Waals surface area contributed by atoms with Gasteiger partial charge in [-0.1, -0.05) is 0 Å². The Kier molecular flexibility index (Phi) is 4.74. The molecule has 2 rings (SSSR count). The van der Waals surface area contributed by atoms with Gasteiger partial charge in [0, 0.05) is 32.5 Å². The third-order valence-electron chi connectivity index (χ3n) is 3.58. The van der Waals surface area contributed by atoms with E-state index in [4.69, 9.17) is 15.2 Å². The molecule has 1 fully saturated rings. The number of rotatable bonds is 5. The molecule has 1 aliphatic rings. The van der Waals surface area contributed by atoms with Gasteiger partial charge in [0.1, 0.15) is 0 Å². The number of ether oxygens (including phenoxy) is 2. The van der Waals surface area contributed by atoms with Crippen LogP contribution < -0.4 is 5.73 Å². The summed E-state index contributed by atoms with van der Waals surface area (Å²) in [4.78, 5) is 0. The smallest absolute Gasteiger partial charge is 0.0981 e. The topological polar surface area (TPSA) is 62.3 Å². The van der Waals surface area contributed by atoms with Crippen LogP contribution in [-0.4, -0.2) is 35.6 Å². The Morgan fingerprint density at radius 1 is 1.50 bits per heavy atom. The van der Waals surface area contributed by atoms with Crippen LogP contribution in [0.4, 0.5) is 0 Å². The molecule has 3 atom stereocenters. The van der Waals surface area contributed by atoms with Crippen LogP contribution in [0.25, 0.3) is 0 Å². The number of nitrogens with two attached hydrogens (primary N) is 1. The van der Waals surface area contributed by atoms with Crippen LogP contribution in [0.2, 0.25) is 0 Å². The second kappa shape index (κ2) is 6.31. The average Bonchev–Trinajstić information content (AvgIpc) is 2.82. The van der Waals surface area contributed by atoms with Gasteiger partial charge >= 0.3 is 0 Å². The third kappa shape index (κ3) is 3.31. The molecule has 0 radical (unpaired) electrons. The molecule has 0 bridgehead atoms. The predicted molar refractivity (Wildman–Crippen MR) is 69.1 cm³/mol. The number of hydrogen-bond acceptors (Lipinski definition) is 4. The van der Waals surface area contributed by atoms with E-state index in [1.54, 1.807) is 11.8 Å². The van der Waals surface area contributed by atoms with E-state index < -0.39 is 0 Å². The summed E-state index contributed by atoms with van der Waals surface area (Å²) in [5.41, 5.74) is 6.86. The van der Waals surface area contributed by atoms with E-state index in [1.807, 2.05) is 19.4 Å². The first-order chi connectivity index (χ1) is 8.72. The van der Waals surface area contributed by atoms with Crippen LogP contribution >= 0.6 is 0 Å². The molecule has 1 aromatic rings. The molecule has 0 aliphatic heterocycles. The zero-order valence-corrected chi connectivity index (χ0v) is 11.2. The largest absolute Gasteiger partial charge is 0.381 e. The maximum Gasteiger partial charge on any atom is 0.0981 e. The van der Waals surface area contributed by atoms with Gasteiger partial charge in [0.25, 0.3) is 0 Å². The average molecular weight is 253 g/mol. The number of aryl methyl sites for hydroxylation is 1. The minimum Gasteiger partial charge on any atom is -0.381 e. The summed E-state index contributed by atoms with van der Waals surface area (Å²) >= 11 is 0. The van der Waals surface area contributed by atoms with Crippen molar-refractivity contribution in [3.8, 4) is 0 Å². The van der Waals surface area contributed by atoms with Crippen molar-refractivity contribution in [3.05, 3.63) is 18.0 Å². The van der Waals surface area contributed by atoms with Gasteiger partial charge < -0.3 is 15.2 Å². The minimum atomic E-state index is -0.0562. The Labute approximate surface area is 108 Å². The summed E-state index contributed by atoms with van der Waals surface area (Å²) < 4.78 is 13.3. The van der Waals surface area contributed by atoms with Crippen molar-refractivity contribution in [2.45, 2.75) is 44.0 Å². The van der Waals surface area contributed by atoms with Crippen molar-refractivity contribution in [2.75, 3.05) is 13.7 Å². The second-order valence-electron chi connectivity index (χ2n) is 4.95. The molecule has 1 aliphatic carbocycles. The molecular formula is C13H23N3O2. The molecule has 0 spiro atoms. The lowest BCUT2D eigenvalue weighted by molar-refractivity contribution is -0.0633. The van der Waals surface area contributed by atoms with E-state index in [9.17, 15) is 0 Å². The van der Waals surface area contributed by atoms with Crippen LogP contribution in [0.15, 0.2) is 12.4 Å². The van der Waals surface area contributed by atoms with Gasteiger partial charge in [0.15, 0.2) is 0 Å². The molecule has 102 valence electrons. The second-order valence-corrected chi connectivity index (χ2v) is 4.95. The first-order valence-electron chi connectivity index (χ1n) is 6.59. The van der Waals surface area contributed by atoms with Gasteiger partial charge in [-0.25, -0.2) is 0 Å². The highest BCUT2D eigenvalue weighted by Crippen LogP contribution is 2.27. The molecule has 1 saturated carbocycles. The molecule has 1 heterocycles. The van der Waals surface area contributed by atoms with Gasteiger partial charge in [-0.3, -0.25) is 4.68 Å². The van der Waals surface area contributed by atoms with Crippen LogP contribution in [0.1, 0.15) is 37.4 Å². The van der Waals surface area contributed by atoms with Gasteiger partial charge in [-0.15, -0.1) is 0 Å². The quantitative estimate of drug-likeness (QED) is 0.861. The Morgan fingerprint density at radius 2 is 2.28 bits per heavy atom. The van der Waals surface area contributed by atoms with Crippen LogP contribution in [-0.2, 0) is 16.5 Å². The van der Waals surface area contributed by atoms with Gasteiger partial charge in [0.2, 0.25) is 0 Å². The highest BCUT2D eigenvalue weighted by Gasteiger charge is 2.25. The van der Waals surface area contributed by atoms with E-state index in [-0.39, 0.29) is 12.2 Å². The fraction of sp³-hybridized carbons (Fsp3) is 0.769. The fourth-order valence-electron chi connectivity index (χ4n) is 2.55. The van der Waals surface area contributed by atoms with Crippen molar-refractivity contribution in [1.29, 1.82) is 0 Å². The Morgan fingerprint density at radius 3 is 2.89 bits per heavy atom. The number of nitrogens with zero attached hydrogens (tertiary/aromatic N) is 2. The van der Waals surface area contributed by atoms with Gasteiger partial charge in [0.05, 0.1) is 24.5 Å². The zero-order valence-electron chi connectivity index (χ0n) is 11.2. The standard InChI is InChI=1S/C13H23N3O2/c1-16-9-10(8-15-16)13(7-14)18-12-5-3-4-11(6-12)17-2/h8-9,11-13H,3-7,14H2,1-2H3. The van der Waals surface area contributed by atoms with Crippen LogP contribution in [0.5, 0.6) is 0 Å². The van der Waals surface area contributed by atoms with Crippen molar-refractivity contribution in [2.24, 2.45) is 12.8 Å². The monoisotopic (exact) mass is 253 g/mol. The molecule has 18 heavy (non-hydrogen) atoms. The Bertz CT molecular complexity index is 367. The lowest BCUT2D eigenvalue weighted by Gasteiger charge is -2.30. The third-order valence-corrected chi connectivity index (χ3v) is 3.58. The van der Waals surface area contributed by atoms with E-state index in [1.165, 1.54) is 0 Å². The minimum absolute atomic E-state index is 0.0562. The molecule has 1 aromatic heterocycles. The highest BCUT2D eigenvalue weighted by molar-refractivity contribution is 5.08. The van der Waals surface area contributed by atoms with Crippen LogP contribution in [0, 0.1) is 0 Å². The summed E-state index contributed by atoms with van der Waals surface area (Å²) in [5, 5.41) is 4.17. The Balaban J connectivity index is 1.93. The van der Waals surface area contributed by atoms with Crippen molar-refractivity contribution in [3.63, 3.8) is 0 Å². The maximum atomic E-state index is 6.11. The summed E-state index contributed by atoms with van der Waals surface area (Å²) in [7, 11) is 3.67. The van der Waals surface area contributed by atoms with Gasteiger partial charge in [-0.2, -0.15) is 5.10 Å². The van der Waals surface area contributed by atoms with E-state index >= 15 is 0 Å². The summed E-state index contributed by atoms with van der Waals surface area (Å²) in [6.07, 6.45) is 8.67. The zero-order chi connectivity index (χ0) is 13.0. The molecule has 5 heteroatoms. The SMILES string of the molecule is COC1CCCC(OC(CN)c2cnn(C)c2)C1. The first-order valence-corrected chi connectivity index (χ1v) is 6.59. The summed E-state index contributed by atoms with van der Waals surface area (Å²) in [5.74, 6) is 0. The van der Waals surface area contributed by atoms with Crippen molar-refractivity contribution < 1.29 is 9.47 Å². The number of aromatic nitrogens is 2. The highest BCUT2D eigenvalue weighted by atomic mass is 16.5. The van der Waals surface area contributed by atoms with Gasteiger partial charge in [-0.05, 0) is 25.7 Å². The predicted octanol–water partition coefficient (Wildman–Crippen LogP) is 1.39. The summed E-state index contributed by atoms with van der Waals surface area (Å²) in [6.45, 7) is 0.486. The molecule has 0 saturated heterocycles. The molecule has 5 nitrogen and oxygen atoms in total. The summed E-state index contributed by atoms with van der Waals surface area (Å²) in [6, 6.07) is 0. The first kappa shape index (κ1) is 13.5. The normalized spacial score (nSPS) is 26.2. The molecular weight excluding hydrogens is 230 g/mol. The van der Waals surface area contributed by atoms with Crippen LogP contribution in [0.3, 0.4) is 0 Å². The van der Waals surface area contributed by atoms with E-state index in [0.717, 1.165) is 31.2 Å². The van der Waals surface area contributed by atoms with Crippen molar-refractivity contribution >= 4 is 0 Å². The lowest BCUT2D eigenvalue weighted by Crippen LogP contribution is -2.30. The number of hydrogen-bond donors (Lipinski definition) is 1. The van der Waals surface area contributed by atoms with Crippen molar-refractivity contribution in [1.82, 2.24) is 9.78 Å².